The molecular weight excluding hydrogens is 483 g/mol. The van der Waals surface area contributed by atoms with Crippen LogP contribution in [0.2, 0.25) is 0 Å². The van der Waals surface area contributed by atoms with Gasteiger partial charge in [0.25, 0.3) is 0 Å². The quantitative estimate of drug-likeness (QED) is 0.307. The summed E-state index contributed by atoms with van der Waals surface area (Å²) in [5.41, 5.74) is 0.933. The zero-order valence-electron chi connectivity index (χ0n) is 17.0. The van der Waals surface area contributed by atoms with Crippen LogP contribution in [0.4, 0.5) is 0 Å². The van der Waals surface area contributed by atoms with E-state index in [0.29, 0.717) is 12.4 Å². The first-order valence-corrected chi connectivity index (χ1v) is 10.6. The van der Waals surface area contributed by atoms with E-state index in [1.54, 1.807) is 0 Å². The Labute approximate surface area is 189 Å². The minimum Gasteiger partial charge on any atom is -0.444 e. The lowest BCUT2D eigenvalue weighted by atomic mass is 10.1. The van der Waals surface area contributed by atoms with Crippen molar-refractivity contribution in [3.8, 4) is 0 Å². The Hall–Kier alpha value is -1.22. The van der Waals surface area contributed by atoms with E-state index in [4.69, 9.17) is 4.42 Å². The summed E-state index contributed by atoms with van der Waals surface area (Å²) in [5, 5.41) is 6.90. The molecule has 0 bridgehead atoms. The van der Waals surface area contributed by atoms with Crippen molar-refractivity contribution in [3.63, 3.8) is 0 Å². The number of nitrogens with one attached hydrogen (secondary N) is 2. The number of guanidine groups is 1. The number of aromatic nitrogens is 1. The second-order valence-electron chi connectivity index (χ2n) is 7.10. The molecule has 0 unspecified atom stereocenters. The summed E-state index contributed by atoms with van der Waals surface area (Å²) in [6, 6.07) is 10.7. The van der Waals surface area contributed by atoms with Crippen LogP contribution >= 0.6 is 35.7 Å². The Morgan fingerprint density at radius 3 is 2.50 bits per heavy atom. The number of thioether (sulfide) groups is 1. The van der Waals surface area contributed by atoms with Gasteiger partial charge in [-0.25, -0.2) is 9.98 Å². The van der Waals surface area contributed by atoms with Crippen molar-refractivity contribution in [2.24, 2.45) is 4.99 Å². The number of rotatable bonds is 7. The van der Waals surface area contributed by atoms with E-state index in [1.165, 1.54) is 30.6 Å². The van der Waals surface area contributed by atoms with E-state index >= 15 is 0 Å². The molecule has 0 amide bonds. The van der Waals surface area contributed by atoms with Crippen LogP contribution in [0.1, 0.15) is 50.0 Å². The molecule has 154 valence electrons. The lowest BCUT2D eigenvalue weighted by molar-refractivity contribution is 0.472. The lowest BCUT2D eigenvalue weighted by Gasteiger charge is -2.29. The van der Waals surface area contributed by atoms with Gasteiger partial charge in [0.15, 0.2) is 5.96 Å². The zero-order chi connectivity index (χ0) is 19.1. The van der Waals surface area contributed by atoms with Crippen molar-refractivity contribution < 1.29 is 4.42 Å². The molecule has 7 heteroatoms. The highest BCUT2D eigenvalue weighted by atomic mass is 127. The Kier molecular flexibility index (Phi) is 9.14. The van der Waals surface area contributed by atoms with E-state index in [2.05, 4.69) is 57.9 Å². The summed E-state index contributed by atoms with van der Waals surface area (Å²) in [7, 11) is 0. The average molecular weight is 514 g/mol. The number of aliphatic imine (C=N–C) groups is 1. The van der Waals surface area contributed by atoms with E-state index < -0.39 is 0 Å². The van der Waals surface area contributed by atoms with Crippen LogP contribution in [0.15, 0.2) is 44.6 Å². The van der Waals surface area contributed by atoms with Gasteiger partial charge in [-0.15, -0.1) is 35.7 Å². The monoisotopic (exact) mass is 514 g/mol. The molecule has 0 spiro atoms. The molecule has 0 atom stereocenters. The van der Waals surface area contributed by atoms with Crippen LogP contribution < -0.4 is 10.6 Å². The third-order valence-electron chi connectivity index (χ3n) is 4.96. The highest BCUT2D eigenvalue weighted by Gasteiger charge is 2.35. The molecule has 1 saturated carbocycles. The molecule has 0 aliphatic heterocycles. The Bertz CT molecular complexity index is 738. The maximum absolute atomic E-state index is 5.64. The summed E-state index contributed by atoms with van der Waals surface area (Å²) < 4.78 is 5.87. The number of benzene rings is 1. The second kappa shape index (κ2) is 11.1. The summed E-state index contributed by atoms with van der Waals surface area (Å²) >= 11 is 2.00. The first-order valence-electron chi connectivity index (χ1n) is 9.79. The molecule has 1 fully saturated rings. The summed E-state index contributed by atoms with van der Waals surface area (Å²) in [4.78, 5) is 10.4. The van der Waals surface area contributed by atoms with E-state index in [0.717, 1.165) is 30.5 Å². The number of nitrogens with zero attached hydrogens (tertiary/aromatic N) is 2. The normalized spacial score (nSPS) is 15.9. The average Bonchev–Trinajstić information content (AvgIpc) is 3.25. The number of halogens is 1. The number of oxazole rings is 1. The first-order chi connectivity index (χ1) is 13.1. The van der Waals surface area contributed by atoms with Crippen molar-refractivity contribution in [2.45, 2.75) is 62.6 Å². The van der Waals surface area contributed by atoms with Crippen LogP contribution in [-0.4, -0.2) is 28.8 Å². The SMILES string of the molecule is CCNC(=NCc1nc(C)c(C)o1)NCC1(Sc2ccccc2)CCCC1.I. The lowest BCUT2D eigenvalue weighted by Crippen LogP contribution is -2.44. The minimum atomic E-state index is 0. The summed E-state index contributed by atoms with van der Waals surface area (Å²) in [5.74, 6) is 2.35. The highest BCUT2D eigenvalue weighted by molar-refractivity contribution is 14.0. The maximum atomic E-state index is 5.64. The van der Waals surface area contributed by atoms with E-state index in [1.807, 2.05) is 25.6 Å². The molecule has 1 aromatic heterocycles. The van der Waals surface area contributed by atoms with Gasteiger partial charge in [0.1, 0.15) is 12.3 Å². The molecule has 1 aliphatic rings. The molecule has 0 radical (unpaired) electrons. The van der Waals surface area contributed by atoms with Gasteiger partial charge in [-0.3, -0.25) is 0 Å². The zero-order valence-corrected chi connectivity index (χ0v) is 20.1. The van der Waals surface area contributed by atoms with Crippen molar-refractivity contribution >= 4 is 41.7 Å². The fourth-order valence-electron chi connectivity index (χ4n) is 3.41. The van der Waals surface area contributed by atoms with Crippen LogP contribution in [0.3, 0.4) is 0 Å². The van der Waals surface area contributed by atoms with Gasteiger partial charge in [0.2, 0.25) is 5.89 Å². The number of hydrogen-bond acceptors (Lipinski definition) is 4. The van der Waals surface area contributed by atoms with E-state index in [-0.39, 0.29) is 28.7 Å². The summed E-state index contributed by atoms with van der Waals surface area (Å²) in [6.07, 6.45) is 5.06. The van der Waals surface area contributed by atoms with Gasteiger partial charge in [0.05, 0.1) is 5.69 Å². The Morgan fingerprint density at radius 1 is 1.18 bits per heavy atom. The molecule has 5 nitrogen and oxygen atoms in total. The number of hydrogen-bond donors (Lipinski definition) is 2. The van der Waals surface area contributed by atoms with Gasteiger partial charge < -0.3 is 15.1 Å². The van der Waals surface area contributed by atoms with Gasteiger partial charge in [-0.05, 0) is 45.7 Å². The van der Waals surface area contributed by atoms with Crippen molar-refractivity contribution in [2.75, 3.05) is 13.1 Å². The molecule has 2 aromatic rings. The Balaban J connectivity index is 0.00000280. The highest BCUT2D eigenvalue weighted by Crippen LogP contribution is 2.44. The van der Waals surface area contributed by atoms with Crippen LogP contribution in [0, 0.1) is 13.8 Å². The fraction of sp³-hybridized carbons (Fsp3) is 0.524. The molecule has 1 aliphatic carbocycles. The van der Waals surface area contributed by atoms with Gasteiger partial charge in [-0.1, -0.05) is 31.0 Å². The standard InChI is InChI=1S/C21H30N4OS.HI/c1-4-22-20(23-14-19-25-16(2)17(3)26-19)24-15-21(12-8-9-13-21)27-18-10-6-5-7-11-18;/h5-7,10-11H,4,8-9,12-15H2,1-3H3,(H2,22,23,24);1H. The predicted molar refractivity (Wildman–Crippen MR) is 128 cm³/mol. The third kappa shape index (κ3) is 6.40. The van der Waals surface area contributed by atoms with Crippen molar-refractivity contribution in [1.29, 1.82) is 0 Å². The van der Waals surface area contributed by atoms with Gasteiger partial charge in [0, 0.05) is 22.7 Å². The predicted octanol–water partition coefficient (Wildman–Crippen LogP) is 5.07. The minimum absolute atomic E-state index is 0. The molecular formula is C21H31IN4OS. The van der Waals surface area contributed by atoms with E-state index in [9.17, 15) is 0 Å². The Morgan fingerprint density at radius 2 is 1.89 bits per heavy atom. The van der Waals surface area contributed by atoms with Crippen LogP contribution in [-0.2, 0) is 6.54 Å². The van der Waals surface area contributed by atoms with Gasteiger partial charge >= 0.3 is 0 Å². The molecule has 1 heterocycles. The fourth-order valence-corrected chi connectivity index (χ4v) is 4.84. The van der Waals surface area contributed by atoms with Crippen molar-refractivity contribution in [1.82, 2.24) is 15.6 Å². The topological polar surface area (TPSA) is 62.5 Å². The smallest absolute Gasteiger partial charge is 0.216 e. The third-order valence-corrected chi connectivity index (χ3v) is 6.45. The van der Waals surface area contributed by atoms with Crippen LogP contribution in [0.25, 0.3) is 0 Å². The molecule has 2 N–H and O–H groups in total. The van der Waals surface area contributed by atoms with Crippen molar-refractivity contribution in [3.05, 3.63) is 47.7 Å². The maximum Gasteiger partial charge on any atom is 0.216 e. The summed E-state index contributed by atoms with van der Waals surface area (Å²) in [6.45, 7) is 8.16. The molecule has 28 heavy (non-hydrogen) atoms. The largest absolute Gasteiger partial charge is 0.444 e. The van der Waals surface area contributed by atoms with Gasteiger partial charge in [-0.2, -0.15) is 0 Å². The molecule has 0 saturated heterocycles. The first kappa shape index (κ1) is 23.1. The molecule has 1 aromatic carbocycles. The second-order valence-corrected chi connectivity index (χ2v) is 8.64. The molecule has 3 rings (SSSR count). The number of aryl methyl sites for hydroxylation is 2. The van der Waals surface area contributed by atoms with Crippen LogP contribution in [0.5, 0.6) is 0 Å².